The molecule has 0 saturated heterocycles. The molecule has 3 heterocycles. The Bertz CT molecular complexity index is 1070. The Kier molecular flexibility index (Phi) is 3.53. The topological polar surface area (TPSA) is 57.7 Å². The van der Waals surface area contributed by atoms with E-state index in [4.69, 9.17) is 0 Å². The first-order chi connectivity index (χ1) is 12.8. The zero-order chi connectivity index (χ0) is 17.5. The number of rotatable bonds is 2. The maximum Gasteiger partial charge on any atom is 0.0929 e. The van der Waals surface area contributed by atoms with E-state index in [1.54, 1.807) is 6.20 Å². The minimum absolute atomic E-state index is 0.354. The zero-order valence-electron chi connectivity index (χ0n) is 14.6. The first-order valence-electron chi connectivity index (χ1n) is 8.80. The van der Waals surface area contributed by atoms with Crippen molar-refractivity contribution in [3.8, 4) is 11.3 Å². The average Bonchev–Trinajstić information content (AvgIpc) is 3.15. The lowest BCUT2D eigenvalue weighted by molar-refractivity contribution is 0.295. The highest BCUT2D eigenvalue weighted by Gasteiger charge is 2.25. The fraction of sp³-hybridized carbons (Fsp3) is 0.190. The summed E-state index contributed by atoms with van der Waals surface area (Å²) in [5, 5.41) is 16.6. The molecule has 2 aromatic carbocycles. The first-order valence-corrected chi connectivity index (χ1v) is 8.80. The molecule has 1 atom stereocenters. The predicted molar refractivity (Wildman–Crippen MR) is 102 cm³/mol. The second-order valence-corrected chi connectivity index (χ2v) is 6.99. The van der Waals surface area contributed by atoms with Crippen LogP contribution in [0.15, 0.2) is 60.9 Å². The molecule has 1 aliphatic rings. The molecule has 1 N–H and O–H groups in total. The second-order valence-electron chi connectivity index (χ2n) is 6.99. The Balaban J connectivity index is 1.59. The Morgan fingerprint density at radius 3 is 2.96 bits per heavy atom. The fourth-order valence-corrected chi connectivity index (χ4v) is 3.92. The number of aromatic amines is 1. The van der Waals surface area contributed by atoms with E-state index in [0.717, 1.165) is 35.2 Å². The van der Waals surface area contributed by atoms with Gasteiger partial charge in [0.25, 0.3) is 0 Å². The molecule has 26 heavy (non-hydrogen) atoms. The summed E-state index contributed by atoms with van der Waals surface area (Å²) in [6, 6.07) is 17.2. The van der Waals surface area contributed by atoms with E-state index >= 15 is 0 Å². The molecular formula is C21H19N5. The number of aromatic nitrogens is 4. The van der Waals surface area contributed by atoms with Crippen LogP contribution >= 0.6 is 0 Å². The van der Waals surface area contributed by atoms with Crippen LogP contribution in [0.5, 0.6) is 0 Å². The van der Waals surface area contributed by atoms with Gasteiger partial charge in [-0.05, 0) is 48.0 Å². The molecule has 1 unspecified atom stereocenters. The molecule has 5 heteroatoms. The van der Waals surface area contributed by atoms with Gasteiger partial charge in [0.2, 0.25) is 0 Å². The van der Waals surface area contributed by atoms with Crippen LogP contribution in [0.2, 0.25) is 0 Å². The zero-order valence-corrected chi connectivity index (χ0v) is 14.6. The molecule has 0 bridgehead atoms. The summed E-state index contributed by atoms with van der Waals surface area (Å²) in [4.78, 5) is 2.38. The maximum atomic E-state index is 4.25. The van der Waals surface area contributed by atoms with E-state index in [9.17, 15) is 0 Å². The highest BCUT2D eigenvalue weighted by atomic mass is 15.1. The minimum atomic E-state index is 0.354. The van der Waals surface area contributed by atoms with Gasteiger partial charge >= 0.3 is 0 Å². The van der Waals surface area contributed by atoms with Crippen molar-refractivity contribution in [1.82, 2.24) is 25.3 Å². The largest absolute Gasteiger partial charge is 0.301 e. The molecule has 5 rings (SSSR count). The van der Waals surface area contributed by atoms with Crippen LogP contribution in [-0.2, 0) is 6.54 Å². The Hall–Kier alpha value is -3.05. The van der Waals surface area contributed by atoms with Gasteiger partial charge in [-0.3, -0.25) is 5.10 Å². The van der Waals surface area contributed by atoms with Gasteiger partial charge in [0, 0.05) is 36.2 Å². The molecule has 0 spiro atoms. The Morgan fingerprint density at radius 1 is 1.12 bits per heavy atom. The van der Waals surface area contributed by atoms with Gasteiger partial charge in [0.05, 0.1) is 17.4 Å². The lowest BCUT2D eigenvalue weighted by atomic mass is 9.83. The van der Waals surface area contributed by atoms with Gasteiger partial charge in [-0.1, -0.05) is 24.3 Å². The van der Waals surface area contributed by atoms with Crippen LogP contribution in [0, 0.1) is 0 Å². The van der Waals surface area contributed by atoms with E-state index in [0.29, 0.717) is 5.92 Å². The second kappa shape index (κ2) is 6.04. The Morgan fingerprint density at radius 2 is 2.08 bits per heavy atom. The number of hydrogen-bond donors (Lipinski definition) is 1. The molecule has 0 amide bonds. The molecule has 128 valence electrons. The van der Waals surface area contributed by atoms with Gasteiger partial charge < -0.3 is 4.90 Å². The number of likely N-dealkylation sites (N-methyl/N-ethyl adjacent to an activating group) is 1. The molecule has 0 fully saturated rings. The third kappa shape index (κ3) is 2.57. The van der Waals surface area contributed by atoms with E-state index in [1.165, 1.54) is 16.7 Å². The molecule has 4 aromatic rings. The van der Waals surface area contributed by atoms with E-state index in [1.807, 2.05) is 18.3 Å². The highest BCUT2D eigenvalue weighted by Crippen LogP contribution is 2.35. The maximum absolute atomic E-state index is 4.25. The summed E-state index contributed by atoms with van der Waals surface area (Å²) in [6.07, 6.45) is 3.57. The van der Waals surface area contributed by atoms with Crippen molar-refractivity contribution in [3.63, 3.8) is 0 Å². The van der Waals surface area contributed by atoms with Gasteiger partial charge in [-0.2, -0.15) is 15.3 Å². The minimum Gasteiger partial charge on any atom is -0.301 e. The molecule has 0 aliphatic carbocycles. The average molecular weight is 341 g/mol. The molecule has 1 aliphatic heterocycles. The van der Waals surface area contributed by atoms with Crippen molar-refractivity contribution in [3.05, 3.63) is 77.6 Å². The van der Waals surface area contributed by atoms with Crippen LogP contribution in [0.4, 0.5) is 0 Å². The third-order valence-corrected chi connectivity index (χ3v) is 5.19. The Labute approximate surface area is 151 Å². The van der Waals surface area contributed by atoms with Crippen molar-refractivity contribution < 1.29 is 0 Å². The standard InChI is InChI=1S/C21H19N5/c1-26-12-17-9-15(20-3-2-8-22-24-20)6-7-18(17)19(13-26)14-4-5-16-11-23-25-21(16)10-14/h2-11,19H,12-13H2,1H3,(H,23,25). The van der Waals surface area contributed by atoms with Crippen molar-refractivity contribution in [2.24, 2.45) is 0 Å². The molecule has 0 radical (unpaired) electrons. The highest BCUT2D eigenvalue weighted by molar-refractivity contribution is 5.78. The van der Waals surface area contributed by atoms with E-state index < -0.39 is 0 Å². The monoisotopic (exact) mass is 341 g/mol. The van der Waals surface area contributed by atoms with Crippen molar-refractivity contribution in [1.29, 1.82) is 0 Å². The summed E-state index contributed by atoms with van der Waals surface area (Å²) in [7, 11) is 2.18. The number of hydrogen-bond acceptors (Lipinski definition) is 4. The fourth-order valence-electron chi connectivity index (χ4n) is 3.92. The summed E-state index contributed by atoms with van der Waals surface area (Å²) in [5.74, 6) is 0.354. The van der Waals surface area contributed by atoms with Gasteiger partial charge in [-0.15, -0.1) is 0 Å². The number of nitrogens with zero attached hydrogens (tertiary/aromatic N) is 4. The summed E-state index contributed by atoms with van der Waals surface area (Å²) < 4.78 is 0. The van der Waals surface area contributed by atoms with Gasteiger partial charge in [-0.25, -0.2) is 0 Å². The molecule has 2 aromatic heterocycles. The van der Waals surface area contributed by atoms with Crippen LogP contribution in [-0.4, -0.2) is 38.9 Å². The SMILES string of the molecule is CN1Cc2cc(-c3cccnn3)ccc2C(c2ccc3cn[nH]c3c2)C1. The lowest BCUT2D eigenvalue weighted by Crippen LogP contribution is -2.31. The van der Waals surface area contributed by atoms with Crippen LogP contribution in [0.1, 0.15) is 22.6 Å². The van der Waals surface area contributed by atoms with Gasteiger partial charge in [0.15, 0.2) is 0 Å². The van der Waals surface area contributed by atoms with Gasteiger partial charge in [0.1, 0.15) is 0 Å². The van der Waals surface area contributed by atoms with Crippen molar-refractivity contribution in [2.75, 3.05) is 13.6 Å². The molecule has 0 saturated carbocycles. The van der Waals surface area contributed by atoms with E-state index in [2.05, 4.69) is 68.7 Å². The van der Waals surface area contributed by atoms with Crippen molar-refractivity contribution >= 4 is 10.9 Å². The smallest absolute Gasteiger partial charge is 0.0929 e. The quantitative estimate of drug-likeness (QED) is 0.605. The normalized spacial score (nSPS) is 17.3. The molecular weight excluding hydrogens is 322 g/mol. The predicted octanol–water partition coefficient (Wildman–Crippen LogP) is 3.60. The first kappa shape index (κ1) is 15.2. The number of H-pyrrole nitrogens is 1. The van der Waals surface area contributed by atoms with Crippen LogP contribution in [0.25, 0.3) is 22.2 Å². The number of benzene rings is 2. The lowest BCUT2D eigenvalue weighted by Gasteiger charge is -2.33. The summed E-state index contributed by atoms with van der Waals surface area (Å²) in [5.41, 5.74) is 7.20. The van der Waals surface area contributed by atoms with E-state index in [-0.39, 0.29) is 0 Å². The third-order valence-electron chi connectivity index (χ3n) is 5.19. The van der Waals surface area contributed by atoms with Crippen molar-refractivity contribution in [2.45, 2.75) is 12.5 Å². The number of fused-ring (bicyclic) bond motifs is 2. The number of nitrogens with one attached hydrogen (secondary N) is 1. The summed E-state index contributed by atoms with van der Waals surface area (Å²) in [6.45, 7) is 1.96. The molecule has 5 nitrogen and oxygen atoms in total. The van der Waals surface area contributed by atoms with Crippen LogP contribution in [0.3, 0.4) is 0 Å². The summed E-state index contributed by atoms with van der Waals surface area (Å²) >= 11 is 0. The van der Waals surface area contributed by atoms with Crippen LogP contribution < -0.4 is 0 Å².